The molecule has 1 aliphatic rings. The second-order valence-corrected chi connectivity index (χ2v) is 6.10. The lowest BCUT2D eigenvalue weighted by molar-refractivity contribution is -0.137. The molecule has 0 heterocycles. The van der Waals surface area contributed by atoms with E-state index in [4.69, 9.17) is 4.74 Å². The Morgan fingerprint density at radius 2 is 2.07 bits per heavy atom. The normalized spacial score (nSPS) is 14.0. The van der Waals surface area contributed by atoms with Gasteiger partial charge in [0.2, 0.25) is 0 Å². The third-order valence-electron chi connectivity index (χ3n) is 3.80. The number of alkyl halides is 3. The van der Waals surface area contributed by atoms with E-state index in [0.29, 0.717) is 11.5 Å². The molecule has 1 aromatic rings. The van der Waals surface area contributed by atoms with Crippen LogP contribution >= 0.6 is 24.0 Å². The quantitative estimate of drug-likeness (QED) is 0.200. The van der Waals surface area contributed by atoms with E-state index < -0.39 is 11.7 Å². The molecule has 0 saturated heterocycles. The summed E-state index contributed by atoms with van der Waals surface area (Å²) in [6, 6.07) is 4.98. The molecule has 0 atom stereocenters. The van der Waals surface area contributed by atoms with Gasteiger partial charge >= 0.3 is 6.18 Å². The highest BCUT2D eigenvalue weighted by molar-refractivity contribution is 14.0. The van der Waals surface area contributed by atoms with Gasteiger partial charge in [-0.1, -0.05) is 17.9 Å². The minimum absolute atomic E-state index is 0. The highest BCUT2D eigenvalue weighted by Crippen LogP contribution is 2.29. The van der Waals surface area contributed by atoms with Gasteiger partial charge in [0.05, 0.1) is 12.1 Å². The van der Waals surface area contributed by atoms with Gasteiger partial charge in [-0.2, -0.15) is 13.2 Å². The molecule has 0 unspecified atom stereocenters. The summed E-state index contributed by atoms with van der Waals surface area (Å²) in [5, 5.41) is 6.15. The van der Waals surface area contributed by atoms with Crippen LogP contribution in [-0.4, -0.2) is 39.3 Å². The number of hydrogen-bond donors (Lipinski definition) is 2. The fraction of sp³-hybridized carbons (Fsp3) is 0.526. The lowest BCUT2D eigenvalue weighted by Crippen LogP contribution is -2.38. The molecule has 0 aliphatic heterocycles. The first-order valence-electron chi connectivity index (χ1n) is 8.67. The SMILES string of the molecule is CN=C(NCC#Cc1cccc(C(F)(F)F)c1)NCCCOCC1CC1.I. The van der Waals surface area contributed by atoms with E-state index in [1.54, 1.807) is 13.1 Å². The van der Waals surface area contributed by atoms with Crippen molar-refractivity contribution in [3.05, 3.63) is 35.4 Å². The van der Waals surface area contributed by atoms with Crippen LogP contribution < -0.4 is 10.6 Å². The summed E-state index contributed by atoms with van der Waals surface area (Å²) >= 11 is 0. The number of rotatable bonds is 7. The summed E-state index contributed by atoms with van der Waals surface area (Å²) in [4.78, 5) is 4.07. The van der Waals surface area contributed by atoms with Gasteiger partial charge in [-0.3, -0.25) is 4.99 Å². The molecule has 2 N–H and O–H groups in total. The number of guanidine groups is 1. The molecular formula is C19H25F3IN3O. The summed E-state index contributed by atoms with van der Waals surface area (Å²) in [5.41, 5.74) is -0.365. The van der Waals surface area contributed by atoms with Gasteiger partial charge in [-0.25, -0.2) is 0 Å². The molecule has 0 amide bonds. The largest absolute Gasteiger partial charge is 0.416 e. The minimum atomic E-state index is -4.36. The van der Waals surface area contributed by atoms with Gasteiger partial charge in [0.15, 0.2) is 5.96 Å². The van der Waals surface area contributed by atoms with Gasteiger partial charge in [0.25, 0.3) is 0 Å². The second-order valence-electron chi connectivity index (χ2n) is 6.10. The van der Waals surface area contributed by atoms with E-state index in [0.717, 1.165) is 44.2 Å². The Labute approximate surface area is 175 Å². The van der Waals surface area contributed by atoms with Crippen molar-refractivity contribution in [2.24, 2.45) is 10.9 Å². The predicted molar refractivity (Wildman–Crippen MR) is 111 cm³/mol. The van der Waals surface area contributed by atoms with Crippen LogP contribution in [0.2, 0.25) is 0 Å². The predicted octanol–water partition coefficient (Wildman–Crippen LogP) is 3.66. The van der Waals surface area contributed by atoms with Gasteiger partial charge in [-0.05, 0) is 43.4 Å². The standard InChI is InChI=1S/C19H24F3N3O.HI/c1-23-18(25-11-4-12-26-14-16-8-9-16)24-10-3-6-15-5-2-7-17(13-15)19(20,21)22;/h2,5,7,13,16H,4,8-12,14H2,1H3,(H2,23,24,25);1H. The lowest BCUT2D eigenvalue weighted by Gasteiger charge is -2.10. The highest BCUT2D eigenvalue weighted by Gasteiger charge is 2.30. The summed E-state index contributed by atoms with van der Waals surface area (Å²) in [6.45, 7) is 2.59. The number of nitrogens with zero attached hydrogens (tertiary/aromatic N) is 1. The van der Waals surface area contributed by atoms with Crippen molar-refractivity contribution in [1.82, 2.24) is 10.6 Å². The number of halogens is 4. The number of benzene rings is 1. The number of hydrogen-bond acceptors (Lipinski definition) is 2. The van der Waals surface area contributed by atoms with E-state index in [9.17, 15) is 13.2 Å². The molecule has 0 bridgehead atoms. The maximum absolute atomic E-state index is 12.7. The first kappa shape index (κ1) is 23.6. The van der Waals surface area contributed by atoms with Crippen molar-refractivity contribution < 1.29 is 17.9 Å². The maximum Gasteiger partial charge on any atom is 0.416 e. The van der Waals surface area contributed by atoms with Gasteiger partial charge < -0.3 is 15.4 Å². The molecule has 4 nitrogen and oxygen atoms in total. The number of aliphatic imine (C=N–C) groups is 1. The van der Waals surface area contributed by atoms with Gasteiger partial charge in [0.1, 0.15) is 0 Å². The molecule has 8 heteroatoms. The Hall–Kier alpha value is -1.47. The summed E-state index contributed by atoms with van der Waals surface area (Å²) < 4.78 is 43.5. The van der Waals surface area contributed by atoms with E-state index in [1.807, 2.05) is 0 Å². The summed E-state index contributed by atoms with van der Waals surface area (Å²) in [6.07, 6.45) is -0.902. The summed E-state index contributed by atoms with van der Waals surface area (Å²) in [5.74, 6) is 6.90. The third-order valence-corrected chi connectivity index (χ3v) is 3.80. The highest BCUT2D eigenvalue weighted by atomic mass is 127. The van der Waals surface area contributed by atoms with Crippen molar-refractivity contribution in [3.8, 4) is 11.8 Å². The average molecular weight is 495 g/mol. The molecule has 2 rings (SSSR count). The molecule has 1 saturated carbocycles. The van der Waals surface area contributed by atoms with Crippen LogP contribution in [0.3, 0.4) is 0 Å². The topological polar surface area (TPSA) is 45.7 Å². The fourth-order valence-corrected chi connectivity index (χ4v) is 2.18. The van der Waals surface area contributed by atoms with Crippen LogP contribution in [0.4, 0.5) is 13.2 Å². The van der Waals surface area contributed by atoms with Crippen molar-refractivity contribution in [3.63, 3.8) is 0 Å². The molecule has 1 fully saturated rings. The Morgan fingerprint density at radius 1 is 1.30 bits per heavy atom. The molecular weight excluding hydrogens is 470 g/mol. The van der Waals surface area contributed by atoms with E-state index in [2.05, 4.69) is 27.5 Å². The molecule has 150 valence electrons. The van der Waals surface area contributed by atoms with Crippen LogP contribution in [0.15, 0.2) is 29.3 Å². The number of ether oxygens (including phenoxy) is 1. The molecule has 1 aliphatic carbocycles. The molecule has 0 spiro atoms. The zero-order chi connectivity index (χ0) is 18.8. The van der Waals surface area contributed by atoms with Crippen molar-refractivity contribution in [1.29, 1.82) is 0 Å². The first-order chi connectivity index (χ1) is 12.5. The summed E-state index contributed by atoms with van der Waals surface area (Å²) in [7, 11) is 1.65. The first-order valence-corrected chi connectivity index (χ1v) is 8.67. The third kappa shape index (κ3) is 9.86. The van der Waals surface area contributed by atoms with Crippen LogP contribution in [-0.2, 0) is 10.9 Å². The molecule has 1 aromatic carbocycles. The lowest BCUT2D eigenvalue weighted by atomic mass is 10.1. The van der Waals surface area contributed by atoms with E-state index >= 15 is 0 Å². The van der Waals surface area contributed by atoms with E-state index in [1.165, 1.54) is 18.9 Å². The Kier molecular flexibility index (Phi) is 10.5. The smallest absolute Gasteiger partial charge is 0.381 e. The van der Waals surface area contributed by atoms with Crippen molar-refractivity contribution in [2.75, 3.05) is 33.4 Å². The van der Waals surface area contributed by atoms with Crippen LogP contribution in [0, 0.1) is 17.8 Å². The van der Waals surface area contributed by atoms with Crippen molar-refractivity contribution in [2.45, 2.75) is 25.4 Å². The zero-order valence-corrected chi connectivity index (χ0v) is 17.6. The monoisotopic (exact) mass is 495 g/mol. The van der Waals surface area contributed by atoms with Crippen molar-refractivity contribution >= 4 is 29.9 Å². The Balaban J connectivity index is 0.00000364. The molecule has 27 heavy (non-hydrogen) atoms. The van der Waals surface area contributed by atoms with Gasteiger partial charge in [0, 0.05) is 32.4 Å². The van der Waals surface area contributed by atoms with Crippen LogP contribution in [0.5, 0.6) is 0 Å². The minimum Gasteiger partial charge on any atom is -0.381 e. The Bertz CT molecular complexity index is 664. The second kappa shape index (κ2) is 12.1. The average Bonchev–Trinajstić information content (AvgIpc) is 3.43. The Morgan fingerprint density at radius 3 is 2.74 bits per heavy atom. The molecule has 0 radical (unpaired) electrons. The van der Waals surface area contributed by atoms with Gasteiger partial charge in [-0.15, -0.1) is 24.0 Å². The number of nitrogens with one attached hydrogen (secondary N) is 2. The van der Waals surface area contributed by atoms with E-state index in [-0.39, 0.29) is 30.5 Å². The van der Waals surface area contributed by atoms with Crippen LogP contribution in [0.25, 0.3) is 0 Å². The van der Waals surface area contributed by atoms with Crippen LogP contribution in [0.1, 0.15) is 30.4 Å². The molecule has 0 aromatic heterocycles. The fourth-order valence-electron chi connectivity index (χ4n) is 2.18. The zero-order valence-electron chi connectivity index (χ0n) is 15.2. The maximum atomic E-state index is 12.7.